The molecule has 9 heavy (non-hydrogen) atoms. The lowest BCUT2D eigenvalue weighted by molar-refractivity contribution is 0.210. The second-order valence-electron chi connectivity index (χ2n) is 3.29. The van der Waals surface area contributed by atoms with E-state index in [1.807, 2.05) is 0 Å². The zero-order chi connectivity index (χ0) is 7.49. The molecular weight excluding hydrogens is 152 g/mol. The Kier molecular flexibility index (Phi) is 3.78. The summed E-state index contributed by atoms with van der Waals surface area (Å²) >= 11 is 5.99. The Morgan fingerprint density at radius 1 is 1.44 bits per heavy atom. The van der Waals surface area contributed by atoms with Crippen molar-refractivity contribution in [3.63, 3.8) is 0 Å². The maximum Gasteiger partial charge on any atom is 0.0678 e. The van der Waals surface area contributed by atoms with Gasteiger partial charge in [0.25, 0.3) is 0 Å². The quantitative estimate of drug-likeness (QED) is 0.461. The minimum absolute atomic E-state index is 0.252. The summed E-state index contributed by atoms with van der Waals surface area (Å²) in [6.07, 6.45) is 0. The first-order chi connectivity index (χ1) is 3.98. The van der Waals surface area contributed by atoms with Crippen LogP contribution in [0.4, 0.5) is 0 Å². The smallest absolute Gasteiger partial charge is 0.0678 e. The highest BCUT2D eigenvalue weighted by Crippen LogP contribution is 2.13. The molecule has 1 atom stereocenters. The molecule has 0 fully saturated rings. The van der Waals surface area contributed by atoms with Gasteiger partial charge in [0.1, 0.15) is 0 Å². The molecule has 0 aliphatic carbocycles. The standard InChI is InChI=1S/C6H15ClOSi/c1-8-5-6(7)9(2,3)4/h6H,5H2,1-4H3. The van der Waals surface area contributed by atoms with Gasteiger partial charge in [-0.05, 0) is 0 Å². The Morgan fingerprint density at radius 3 is 2.00 bits per heavy atom. The normalized spacial score (nSPS) is 15.7. The zero-order valence-corrected chi connectivity index (χ0v) is 8.33. The fraction of sp³-hybridized carbons (Fsp3) is 1.00. The zero-order valence-electron chi connectivity index (χ0n) is 6.57. The van der Waals surface area contributed by atoms with E-state index < -0.39 is 8.07 Å². The van der Waals surface area contributed by atoms with Crippen LogP contribution < -0.4 is 0 Å². The van der Waals surface area contributed by atoms with Crippen molar-refractivity contribution in [3.05, 3.63) is 0 Å². The van der Waals surface area contributed by atoms with Gasteiger partial charge >= 0.3 is 0 Å². The summed E-state index contributed by atoms with van der Waals surface area (Å²) in [4.78, 5) is 0. The van der Waals surface area contributed by atoms with Gasteiger partial charge in [-0.3, -0.25) is 0 Å². The molecule has 0 amide bonds. The first-order valence-electron chi connectivity index (χ1n) is 3.11. The number of alkyl halides is 1. The molecule has 0 heterocycles. The van der Waals surface area contributed by atoms with Gasteiger partial charge in [0.05, 0.1) is 14.7 Å². The molecule has 0 saturated heterocycles. The van der Waals surface area contributed by atoms with Gasteiger partial charge in [0.15, 0.2) is 0 Å². The topological polar surface area (TPSA) is 9.23 Å². The fourth-order valence-corrected chi connectivity index (χ4v) is 1.19. The van der Waals surface area contributed by atoms with E-state index in [0.717, 1.165) is 0 Å². The van der Waals surface area contributed by atoms with E-state index in [0.29, 0.717) is 6.61 Å². The number of methoxy groups -OCH3 is 1. The van der Waals surface area contributed by atoms with Crippen LogP contribution in [0.3, 0.4) is 0 Å². The summed E-state index contributed by atoms with van der Waals surface area (Å²) in [6, 6.07) is 0. The van der Waals surface area contributed by atoms with Crippen molar-refractivity contribution in [2.24, 2.45) is 0 Å². The van der Waals surface area contributed by atoms with Crippen LogP contribution in [0.2, 0.25) is 19.6 Å². The molecule has 0 aliphatic heterocycles. The van der Waals surface area contributed by atoms with E-state index >= 15 is 0 Å². The Morgan fingerprint density at radius 2 is 1.89 bits per heavy atom. The van der Waals surface area contributed by atoms with Gasteiger partial charge in [0.2, 0.25) is 0 Å². The lowest BCUT2D eigenvalue weighted by atomic mass is 10.8. The van der Waals surface area contributed by atoms with Crippen LogP contribution in [-0.2, 0) is 4.74 Å². The summed E-state index contributed by atoms with van der Waals surface area (Å²) in [5.74, 6) is 0. The first-order valence-corrected chi connectivity index (χ1v) is 7.13. The summed E-state index contributed by atoms with van der Waals surface area (Å²) in [5.41, 5.74) is 0. The molecule has 0 saturated carbocycles. The molecule has 0 aromatic heterocycles. The van der Waals surface area contributed by atoms with E-state index in [1.165, 1.54) is 0 Å². The van der Waals surface area contributed by atoms with Crippen molar-refractivity contribution in [3.8, 4) is 0 Å². The van der Waals surface area contributed by atoms with Crippen LogP contribution in [0, 0.1) is 0 Å². The van der Waals surface area contributed by atoms with Gasteiger partial charge in [-0.25, -0.2) is 0 Å². The second-order valence-corrected chi connectivity index (χ2v) is 9.61. The maximum atomic E-state index is 5.99. The maximum absolute atomic E-state index is 5.99. The first kappa shape index (κ1) is 9.47. The van der Waals surface area contributed by atoms with Crippen molar-refractivity contribution in [1.82, 2.24) is 0 Å². The summed E-state index contributed by atoms with van der Waals surface area (Å²) in [5, 5.41) is 0.252. The van der Waals surface area contributed by atoms with Gasteiger partial charge < -0.3 is 4.74 Å². The third-order valence-electron chi connectivity index (χ3n) is 1.25. The van der Waals surface area contributed by atoms with Gasteiger partial charge in [-0.2, -0.15) is 0 Å². The molecule has 0 rings (SSSR count). The Labute approximate surface area is 63.4 Å². The number of halogens is 1. The van der Waals surface area contributed by atoms with Crippen LogP contribution in [0.1, 0.15) is 0 Å². The Hall–Kier alpha value is 0.467. The lowest BCUT2D eigenvalue weighted by Gasteiger charge is -2.21. The summed E-state index contributed by atoms with van der Waals surface area (Å²) in [6.45, 7) is 7.41. The predicted molar refractivity (Wildman–Crippen MR) is 44.9 cm³/mol. The molecule has 0 radical (unpaired) electrons. The molecule has 1 nitrogen and oxygen atoms in total. The highest BCUT2D eigenvalue weighted by atomic mass is 35.5. The predicted octanol–water partition coefficient (Wildman–Crippen LogP) is 2.12. The van der Waals surface area contributed by atoms with Crippen LogP contribution >= 0.6 is 11.6 Å². The minimum atomic E-state index is -1.14. The van der Waals surface area contributed by atoms with Crippen molar-refractivity contribution in [2.45, 2.75) is 24.6 Å². The van der Waals surface area contributed by atoms with Crippen molar-refractivity contribution >= 4 is 19.7 Å². The molecule has 3 heteroatoms. The van der Waals surface area contributed by atoms with Crippen LogP contribution in [0.25, 0.3) is 0 Å². The molecule has 0 aliphatic rings. The van der Waals surface area contributed by atoms with Crippen LogP contribution in [-0.4, -0.2) is 26.8 Å². The van der Waals surface area contributed by atoms with Gasteiger partial charge in [-0.1, -0.05) is 19.6 Å². The number of hydrogen-bond acceptors (Lipinski definition) is 1. The SMILES string of the molecule is COCC(Cl)[Si](C)(C)C. The Bertz CT molecular complexity index is 79.6. The van der Waals surface area contributed by atoms with Crippen molar-refractivity contribution in [1.29, 1.82) is 0 Å². The fourth-order valence-electron chi connectivity index (χ4n) is 0.396. The summed E-state index contributed by atoms with van der Waals surface area (Å²) in [7, 11) is 0.549. The minimum Gasteiger partial charge on any atom is -0.383 e. The number of hydrogen-bond donors (Lipinski definition) is 0. The highest BCUT2D eigenvalue weighted by Gasteiger charge is 2.23. The van der Waals surface area contributed by atoms with Crippen molar-refractivity contribution < 1.29 is 4.74 Å². The molecule has 1 unspecified atom stereocenters. The van der Waals surface area contributed by atoms with E-state index in [9.17, 15) is 0 Å². The van der Waals surface area contributed by atoms with E-state index in [-0.39, 0.29) is 5.00 Å². The van der Waals surface area contributed by atoms with Gasteiger partial charge in [-0.15, -0.1) is 11.6 Å². The molecule has 0 N–H and O–H groups in total. The third kappa shape index (κ3) is 3.95. The highest BCUT2D eigenvalue weighted by molar-refractivity contribution is 6.83. The molecule has 0 bridgehead atoms. The molecule has 56 valence electrons. The third-order valence-corrected chi connectivity index (χ3v) is 5.39. The van der Waals surface area contributed by atoms with E-state index in [1.54, 1.807) is 7.11 Å². The average Bonchev–Trinajstić information content (AvgIpc) is 1.64. The van der Waals surface area contributed by atoms with Gasteiger partial charge in [0, 0.05) is 12.1 Å². The molecular formula is C6H15ClOSi. The molecule has 0 aromatic rings. The number of rotatable bonds is 3. The second kappa shape index (κ2) is 3.59. The molecule has 0 aromatic carbocycles. The van der Waals surface area contributed by atoms with E-state index in [4.69, 9.17) is 16.3 Å². The van der Waals surface area contributed by atoms with Crippen LogP contribution in [0.5, 0.6) is 0 Å². The van der Waals surface area contributed by atoms with Crippen LogP contribution in [0.15, 0.2) is 0 Å². The van der Waals surface area contributed by atoms with Crippen molar-refractivity contribution in [2.75, 3.05) is 13.7 Å². The van der Waals surface area contributed by atoms with E-state index in [2.05, 4.69) is 19.6 Å². The largest absolute Gasteiger partial charge is 0.383 e. The monoisotopic (exact) mass is 166 g/mol. The summed E-state index contributed by atoms with van der Waals surface area (Å²) < 4.78 is 4.93. The lowest BCUT2D eigenvalue weighted by Crippen LogP contribution is -2.36. The average molecular weight is 167 g/mol. The number of ether oxygens (including phenoxy) is 1. The molecule has 0 spiro atoms. The Balaban J connectivity index is 3.59.